The van der Waals surface area contributed by atoms with Crippen molar-refractivity contribution in [3.8, 4) is 28.5 Å². The number of aromatic nitrogens is 1. The third kappa shape index (κ3) is 4.34. The summed E-state index contributed by atoms with van der Waals surface area (Å²) in [5.74, 6) is 1.85. The van der Waals surface area contributed by atoms with Crippen LogP contribution in [0.25, 0.3) is 11.3 Å². The van der Waals surface area contributed by atoms with Crippen molar-refractivity contribution in [1.29, 1.82) is 0 Å². The third-order valence-electron chi connectivity index (χ3n) is 5.69. The zero-order valence-corrected chi connectivity index (χ0v) is 20.6. The molecule has 180 valence electrons. The van der Waals surface area contributed by atoms with E-state index in [2.05, 4.69) is 5.32 Å². The summed E-state index contributed by atoms with van der Waals surface area (Å²) in [6.45, 7) is 2.15. The maximum absolute atomic E-state index is 11.9. The maximum Gasteiger partial charge on any atom is 0.262 e. The Morgan fingerprint density at radius 1 is 1.00 bits per heavy atom. The molecule has 0 atom stereocenters. The molecular weight excluding hydrogens is 500 g/mol. The molecule has 0 radical (unpaired) electrons. The van der Waals surface area contributed by atoms with E-state index in [1.807, 2.05) is 60.8 Å². The second-order valence-corrected chi connectivity index (χ2v) is 9.38. The van der Waals surface area contributed by atoms with Crippen LogP contribution in [0.1, 0.15) is 12.5 Å². The first-order valence-electron chi connectivity index (χ1n) is 11.1. The molecule has 0 bridgehead atoms. The summed E-state index contributed by atoms with van der Waals surface area (Å²) in [7, 11) is 0. The minimum atomic E-state index is -0.187. The minimum Gasteiger partial charge on any atom is -0.482 e. The molecule has 8 nitrogen and oxygen atoms in total. The van der Waals surface area contributed by atoms with Crippen LogP contribution in [0.3, 0.4) is 0 Å². The number of carbonyl (C=O) groups is 1. The van der Waals surface area contributed by atoms with E-state index in [0.717, 1.165) is 28.2 Å². The number of ether oxygens (including phenoxy) is 3. The summed E-state index contributed by atoms with van der Waals surface area (Å²) in [6, 6.07) is 18.7. The number of amides is 1. The van der Waals surface area contributed by atoms with Crippen molar-refractivity contribution in [1.82, 2.24) is 4.68 Å². The molecule has 10 heteroatoms. The van der Waals surface area contributed by atoms with Gasteiger partial charge in [-0.1, -0.05) is 11.6 Å². The van der Waals surface area contributed by atoms with Gasteiger partial charge in [0.1, 0.15) is 5.75 Å². The van der Waals surface area contributed by atoms with Gasteiger partial charge in [-0.25, -0.2) is 9.67 Å². The average molecular weight is 519 g/mol. The lowest BCUT2D eigenvalue weighted by molar-refractivity contribution is -0.118. The SMILES string of the molecule is CC(=Nn1c(-c2ccc3c(c2)NC(=O)CO3)csc1=Nc1ccc(Cl)cc1)c1ccc2c(c1)OCO2. The zero-order chi connectivity index (χ0) is 24.6. The molecule has 1 amide bonds. The van der Waals surface area contributed by atoms with Crippen molar-refractivity contribution in [3.63, 3.8) is 0 Å². The molecule has 6 rings (SSSR count). The van der Waals surface area contributed by atoms with Gasteiger partial charge in [0.2, 0.25) is 11.6 Å². The minimum absolute atomic E-state index is 0.00788. The van der Waals surface area contributed by atoms with Gasteiger partial charge in [0.05, 0.1) is 22.8 Å². The highest BCUT2D eigenvalue weighted by atomic mass is 35.5. The number of halogens is 1. The number of carbonyl (C=O) groups excluding carboxylic acids is 1. The number of nitrogens with one attached hydrogen (secondary N) is 1. The van der Waals surface area contributed by atoms with Gasteiger partial charge in [0, 0.05) is 21.5 Å². The fourth-order valence-corrected chi connectivity index (χ4v) is 4.85. The van der Waals surface area contributed by atoms with E-state index in [1.165, 1.54) is 11.3 Å². The summed E-state index contributed by atoms with van der Waals surface area (Å²) in [5.41, 5.74) is 4.70. The number of nitrogens with zero attached hydrogens (tertiary/aromatic N) is 3. The Kier molecular flexibility index (Phi) is 5.71. The largest absolute Gasteiger partial charge is 0.482 e. The quantitative estimate of drug-likeness (QED) is 0.365. The predicted octanol–water partition coefficient (Wildman–Crippen LogP) is 5.43. The smallest absolute Gasteiger partial charge is 0.262 e. The zero-order valence-electron chi connectivity index (χ0n) is 19.0. The molecule has 1 N–H and O–H groups in total. The molecule has 0 saturated heterocycles. The first-order chi connectivity index (χ1) is 17.5. The lowest BCUT2D eigenvalue weighted by atomic mass is 10.1. The fraction of sp³-hybridized carbons (Fsp3) is 0.115. The summed E-state index contributed by atoms with van der Waals surface area (Å²) in [4.78, 5) is 17.3. The van der Waals surface area contributed by atoms with E-state index in [-0.39, 0.29) is 19.3 Å². The van der Waals surface area contributed by atoms with Crippen LogP contribution in [-0.4, -0.2) is 29.7 Å². The Morgan fingerprint density at radius 2 is 1.81 bits per heavy atom. The highest BCUT2D eigenvalue weighted by Gasteiger charge is 2.19. The van der Waals surface area contributed by atoms with E-state index in [9.17, 15) is 4.79 Å². The molecule has 0 aliphatic carbocycles. The van der Waals surface area contributed by atoms with Crippen molar-refractivity contribution < 1.29 is 19.0 Å². The molecule has 2 aliphatic rings. The van der Waals surface area contributed by atoms with Gasteiger partial charge in [0.25, 0.3) is 5.91 Å². The second-order valence-electron chi connectivity index (χ2n) is 8.10. The van der Waals surface area contributed by atoms with Gasteiger partial charge >= 0.3 is 0 Å². The monoisotopic (exact) mass is 518 g/mol. The number of rotatable bonds is 4. The van der Waals surface area contributed by atoms with Crippen molar-refractivity contribution in [3.05, 3.63) is 81.4 Å². The number of anilines is 1. The molecule has 0 unspecified atom stereocenters. The average Bonchev–Trinajstić information content (AvgIpc) is 3.51. The number of hydrogen-bond donors (Lipinski definition) is 1. The van der Waals surface area contributed by atoms with E-state index in [1.54, 1.807) is 16.8 Å². The predicted molar refractivity (Wildman–Crippen MR) is 139 cm³/mol. The summed E-state index contributed by atoms with van der Waals surface area (Å²) >= 11 is 7.51. The summed E-state index contributed by atoms with van der Waals surface area (Å²) in [6.07, 6.45) is 0. The van der Waals surface area contributed by atoms with E-state index in [4.69, 9.17) is 35.9 Å². The summed E-state index contributed by atoms with van der Waals surface area (Å²) < 4.78 is 18.3. The number of fused-ring (bicyclic) bond motifs is 2. The molecule has 1 aromatic heterocycles. The van der Waals surface area contributed by atoms with Crippen LogP contribution in [0.15, 0.2) is 76.1 Å². The first kappa shape index (κ1) is 22.4. The van der Waals surface area contributed by atoms with E-state index in [0.29, 0.717) is 32.8 Å². The van der Waals surface area contributed by atoms with Gasteiger partial charge in [-0.2, -0.15) is 5.10 Å². The molecule has 0 spiro atoms. The topological polar surface area (TPSA) is 86.4 Å². The fourth-order valence-electron chi connectivity index (χ4n) is 3.87. The lowest BCUT2D eigenvalue weighted by Crippen LogP contribution is -2.25. The highest BCUT2D eigenvalue weighted by Crippen LogP contribution is 2.34. The number of benzene rings is 3. The Labute approximate surface area is 215 Å². The summed E-state index contributed by atoms with van der Waals surface area (Å²) in [5, 5.41) is 10.4. The first-order valence-corrected chi connectivity index (χ1v) is 12.3. The van der Waals surface area contributed by atoms with Crippen molar-refractivity contribution in [2.24, 2.45) is 10.1 Å². The second kappa shape index (κ2) is 9.18. The molecular formula is C26H19ClN4O4S. The number of hydrogen-bond acceptors (Lipinski definition) is 7. The Balaban J connectivity index is 1.48. The van der Waals surface area contributed by atoms with Gasteiger partial charge < -0.3 is 19.5 Å². The normalized spacial score (nSPS) is 14.9. The van der Waals surface area contributed by atoms with Gasteiger partial charge in [-0.15, -0.1) is 11.3 Å². The molecule has 0 fully saturated rings. The molecule has 3 heterocycles. The van der Waals surface area contributed by atoms with Crippen molar-refractivity contribution in [2.45, 2.75) is 6.92 Å². The number of thiazole rings is 1. The molecule has 0 saturated carbocycles. The van der Waals surface area contributed by atoms with Gasteiger partial charge in [-0.3, -0.25) is 4.79 Å². The van der Waals surface area contributed by atoms with Gasteiger partial charge in [0.15, 0.2) is 18.1 Å². The van der Waals surface area contributed by atoms with Crippen LogP contribution in [0.2, 0.25) is 5.02 Å². The molecule has 2 aliphatic heterocycles. The van der Waals surface area contributed by atoms with Gasteiger partial charge in [-0.05, 0) is 67.6 Å². The molecule has 3 aromatic carbocycles. The van der Waals surface area contributed by atoms with Crippen LogP contribution in [0, 0.1) is 0 Å². The van der Waals surface area contributed by atoms with Crippen LogP contribution < -0.4 is 24.3 Å². The van der Waals surface area contributed by atoms with Crippen LogP contribution >= 0.6 is 22.9 Å². The molecule has 36 heavy (non-hydrogen) atoms. The van der Waals surface area contributed by atoms with Crippen LogP contribution in [-0.2, 0) is 4.79 Å². The van der Waals surface area contributed by atoms with E-state index >= 15 is 0 Å². The Bertz CT molecular complexity index is 1590. The van der Waals surface area contributed by atoms with Crippen LogP contribution in [0.5, 0.6) is 17.2 Å². The lowest BCUT2D eigenvalue weighted by Gasteiger charge is -2.18. The molecule has 4 aromatic rings. The Morgan fingerprint density at radius 3 is 2.67 bits per heavy atom. The standard InChI is InChI=1S/C26H19ClN4O4S/c1-15(16-2-9-23-24(11-16)35-14-34-23)30-31-21(13-36-26(31)28-19-6-4-18(27)5-7-19)17-3-8-22-20(10-17)29-25(32)12-33-22/h2-11,13H,12,14H2,1H3,(H,29,32). The van der Waals surface area contributed by atoms with Crippen LogP contribution in [0.4, 0.5) is 11.4 Å². The highest BCUT2D eigenvalue weighted by molar-refractivity contribution is 7.07. The maximum atomic E-state index is 11.9. The van der Waals surface area contributed by atoms with Crippen molar-refractivity contribution in [2.75, 3.05) is 18.7 Å². The van der Waals surface area contributed by atoms with Crippen molar-refractivity contribution >= 4 is 45.9 Å². The third-order valence-corrected chi connectivity index (χ3v) is 6.75. The Hall–Kier alpha value is -4.08. The van der Waals surface area contributed by atoms with E-state index < -0.39 is 0 Å².